The van der Waals surface area contributed by atoms with Crippen LogP contribution >= 0.6 is 0 Å². The van der Waals surface area contributed by atoms with Gasteiger partial charge in [0.1, 0.15) is 12.1 Å². The summed E-state index contributed by atoms with van der Waals surface area (Å²) < 4.78 is 5.73. The Labute approximate surface area is 205 Å². The van der Waals surface area contributed by atoms with Gasteiger partial charge in [-0.3, -0.25) is 9.59 Å². The van der Waals surface area contributed by atoms with Gasteiger partial charge in [0, 0.05) is 19.0 Å². The summed E-state index contributed by atoms with van der Waals surface area (Å²) >= 11 is 0. The van der Waals surface area contributed by atoms with Gasteiger partial charge in [-0.2, -0.15) is 0 Å². The van der Waals surface area contributed by atoms with Crippen LogP contribution in [0.3, 0.4) is 0 Å². The van der Waals surface area contributed by atoms with Crippen molar-refractivity contribution in [3.63, 3.8) is 0 Å². The molecule has 2 aromatic carbocycles. The summed E-state index contributed by atoms with van der Waals surface area (Å²) in [4.78, 5) is 39.8. The van der Waals surface area contributed by atoms with Crippen molar-refractivity contribution in [1.82, 2.24) is 10.2 Å². The number of carbonyl (C=O) groups is 3. The Hall–Kier alpha value is -3.35. The molecular weight excluding hydrogens is 444 g/mol. The maximum absolute atomic E-state index is 13.5. The third-order valence-electron chi connectivity index (χ3n) is 8.22. The van der Waals surface area contributed by atoms with Gasteiger partial charge in [0.05, 0.1) is 5.41 Å². The van der Waals surface area contributed by atoms with Gasteiger partial charge in [-0.15, -0.1) is 0 Å². The fraction of sp³-hybridized carbons (Fsp3) is 0.464. The zero-order valence-corrected chi connectivity index (χ0v) is 20.1. The van der Waals surface area contributed by atoms with Gasteiger partial charge in [-0.05, 0) is 54.9 Å². The Morgan fingerprint density at radius 3 is 2.03 bits per heavy atom. The van der Waals surface area contributed by atoms with E-state index in [-0.39, 0.29) is 18.4 Å². The number of carbonyl (C=O) groups excluding carboxylic acids is 2. The number of hydrogen-bond donors (Lipinski definition) is 2. The fourth-order valence-corrected chi connectivity index (χ4v) is 5.92. The molecule has 0 unspecified atom stereocenters. The number of fused-ring (bicyclic) bond motifs is 3. The number of rotatable bonds is 5. The van der Waals surface area contributed by atoms with Crippen LogP contribution in [0.4, 0.5) is 4.79 Å². The molecule has 5 rings (SSSR count). The summed E-state index contributed by atoms with van der Waals surface area (Å²) in [6.07, 6.45) is 3.11. The highest BCUT2D eigenvalue weighted by Crippen LogP contribution is 2.44. The molecule has 1 saturated carbocycles. The number of carboxylic acid groups (broad SMARTS) is 1. The number of benzene rings is 2. The van der Waals surface area contributed by atoms with E-state index in [9.17, 15) is 19.5 Å². The third-order valence-corrected chi connectivity index (χ3v) is 8.22. The summed E-state index contributed by atoms with van der Waals surface area (Å²) in [6.45, 7) is 2.70. The fourth-order valence-electron chi connectivity index (χ4n) is 5.92. The molecule has 0 atom stereocenters. The first-order valence-corrected chi connectivity index (χ1v) is 12.5. The largest absolute Gasteiger partial charge is 0.481 e. The highest BCUT2D eigenvalue weighted by molar-refractivity contribution is 5.90. The lowest BCUT2D eigenvalue weighted by Gasteiger charge is -2.41. The molecule has 0 radical (unpaired) electrons. The summed E-state index contributed by atoms with van der Waals surface area (Å²) in [6, 6.07) is 16.4. The number of piperidine rings is 1. The van der Waals surface area contributed by atoms with E-state index in [4.69, 9.17) is 4.74 Å². The Kier molecular flexibility index (Phi) is 6.03. The molecule has 184 valence electrons. The number of carboxylic acids is 1. The van der Waals surface area contributed by atoms with Crippen molar-refractivity contribution in [3.05, 3.63) is 59.7 Å². The van der Waals surface area contributed by atoms with Crippen molar-refractivity contribution in [2.75, 3.05) is 19.7 Å². The van der Waals surface area contributed by atoms with Crippen molar-refractivity contribution >= 4 is 18.0 Å². The van der Waals surface area contributed by atoms with E-state index in [0.29, 0.717) is 38.8 Å². The Morgan fingerprint density at radius 2 is 1.49 bits per heavy atom. The Bertz CT molecular complexity index is 1100. The predicted molar refractivity (Wildman–Crippen MR) is 131 cm³/mol. The highest BCUT2D eigenvalue weighted by Gasteiger charge is 2.47. The van der Waals surface area contributed by atoms with Crippen molar-refractivity contribution in [3.8, 4) is 11.1 Å². The molecule has 0 bridgehead atoms. The first kappa shape index (κ1) is 23.4. The number of aliphatic carboxylic acids is 1. The lowest BCUT2D eigenvalue weighted by Crippen LogP contribution is -2.60. The molecule has 2 aliphatic carbocycles. The number of hydrogen-bond acceptors (Lipinski definition) is 4. The third kappa shape index (κ3) is 4.17. The molecule has 1 aliphatic heterocycles. The van der Waals surface area contributed by atoms with Gasteiger partial charge in [-0.25, -0.2) is 4.79 Å². The van der Waals surface area contributed by atoms with E-state index in [2.05, 4.69) is 29.6 Å². The van der Waals surface area contributed by atoms with Crippen LogP contribution in [0.15, 0.2) is 48.5 Å². The van der Waals surface area contributed by atoms with Crippen LogP contribution in [0.2, 0.25) is 0 Å². The number of likely N-dealkylation sites (tertiary alicyclic amines) is 1. The number of nitrogens with one attached hydrogen (secondary N) is 1. The molecule has 2 aromatic rings. The van der Waals surface area contributed by atoms with E-state index >= 15 is 0 Å². The molecule has 2 N–H and O–H groups in total. The summed E-state index contributed by atoms with van der Waals surface area (Å²) in [5.74, 6) is -0.980. The van der Waals surface area contributed by atoms with Crippen molar-refractivity contribution in [2.24, 2.45) is 5.41 Å². The van der Waals surface area contributed by atoms with E-state index in [1.165, 1.54) is 0 Å². The smallest absolute Gasteiger partial charge is 0.408 e. The molecule has 7 nitrogen and oxygen atoms in total. The van der Waals surface area contributed by atoms with Crippen molar-refractivity contribution in [1.29, 1.82) is 0 Å². The second kappa shape index (κ2) is 9.02. The number of alkyl carbamates (subject to hydrolysis) is 1. The molecule has 3 aliphatic rings. The number of ether oxygens (including phenoxy) is 1. The van der Waals surface area contributed by atoms with Crippen LogP contribution in [0.25, 0.3) is 11.1 Å². The number of amides is 2. The van der Waals surface area contributed by atoms with E-state index in [0.717, 1.165) is 35.1 Å². The number of nitrogens with zero attached hydrogens (tertiary/aromatic N) is 1. The van der Waals surface area contributed by atoms with Crippen LogP contribution in [0, 0.1) is 5.41 Å². The maximum Gasteiger partial charge on any atom is 0.408 e. The quantitative estimate of drug-likeness (QED) is 0.660. The van der Waals surface area contributed by atoms with Crippen LogP contribution in [-0.4, -0.2) is 53.2 Å². The standard InChI is InChI=1S/C28H32N2O5/c1-27(25(32)33)14-16-30(17-15-27)24(31)28(12-6-7-13-28)29-26(34)35-18-23-21-10-4-2-8-19(21)20-9-3-5-11-22(20)23/h2-5,8-11,23H,6-7,12-18H2,1H3,(H,29,34)(H,32,33). The molecule has 7 heteroatoms. The minimum Gasteiger partial charge on any atom is -0.481 e. The average Bonchev–Trinajstić information content (AvgIpc) is 3.46. The predicted octanol–water partition coefficient (Wildman–Crippen LogP) is 4.55. The van der Waals surface area contributed by atoms with Gasteiger partial charge in [0.2, 0.25) is 5.91 Å². The van der Waals surface area contributed by atoms with Gasteiger partial charge >= 0.3 is 12.1 Å². The zero-order valence-electron chi connectivity index (χ0n) is 20.1. The summed E-state index contributed by atoms with van der Waals surface area (Å²) in [7, 11) is 0. The second-order valence-corrected chi connectivity index (χ2v) is 10.4. The van der Waals surface area contributed by atoms with Gasteiger partial charge < -0.3 is 20.1 Å². The topological polar surface area (TPSA) is 95.9 Å². The lowest BCUT2D eigenvalue weighted by molar-refractivity contribution is -0.154. The molecule has 1 heterocycles. The molecule has 2 fully saturated rings. The highest BCUT2D eigenvalue weighted by atomic mass is 16.5. The van der Waals surface area contributed by atoms with E-state index in [1.54, 1.807) is 11.8 Å². The Balaban J connectivity index is 1.26. The second-order valence-electron chi connectivity index (χ2n) is 10.4. The van der Waals surface area contributed by atoms with Crippen LogP contribution in [-0.2, 0) is 14.3 Å². The molecule has 1 saturated heterocycles. The zero-order chi connectivity index (χ0) is 24.6. The SMILES string of the molecule is CC1(C(=O)O)CCN(C(=O)C2(NC(=O)OCC3c4ccccc4-c4ccccc43)CCCC2)CC1. The van der Waals surface area contributed by atoms with Crippen LogP contribution in [0.1, 0.15) is 62.5 Å². The average molecular weight is 477 g/mol. The minimum absolute atomic E-state index is 0.0424. The van der Waals surface area contributed by atoms with Crippen molar-refractivity contribution < 1.29 is 24.2 Å². The Morgan fingerprint density at radius 1 is 0.943 bits per heavy atom. The first-order chi connectivity index (χ1) is 16.8. The maximum atomic E-state index is 13.5. The minimum atomic E-state index is -0.973. The van der Waals surface area contributed by atoms with Gasteiger partial charge in [-0.1, -0.05) is 61.4 Å². The molecular formula is C28H32N2O5. The molecule has 35 heavy (non-hydrogen) atoms. The van der Waals surface area contributed by atoms with Gasteiger partial charge in [0.25, 0.3) is 0 Å². The monoisotopic (exact) mass is 476 g/mol. The summed E-state index contributed by atoms with van der Waals surface area (Å²) in [5.41, 5.74) is 2.83. The summed E-state index contributed by atoms with van der Waals surface area (Å²) in [5, 5.41) is 12.4. The van der Waals surface area contributed by atoms with E-state index in [1.807, 2.05) is 24.3 Å². The van der Waals surface area contributed by atoms with Crippen LogP contribution in [0.5, 0.6) is 0 Å². The molecule has 0 spiro atoms. The van der Waals surface area contributed by atoms with Crippen molar-refractivity contribution in [2.45, 2.75) is 56.9 Å². The lowest BCUT2D eigenvalue weighted by atomic mass is 9.80. The first-order valence-electron chi connectivity index (χ1n) is 12.5. The molecule has 0 aromatic heterocycles. The normalized spacial score (nSPS) is 20.1. The van der Waals surface area contributed by atoms with Gasteiger partial charge in [0.15, 0.2) is 0 Å². The van der Waals surface area contributed by atoms with Crippen LogP contribution < -0.4 is 5.32 Å². The molecule has 2 amide bonds. The van der Waals surface area contributed by atoms with E-state index < -0.39 is 23.0 Å².